The van der Waals surface area contributed by atoms with Crippen LogP contribution in [0.4, 0.5) is 5.69 Å². The van der Waals surface area contributed by atoms with Gasteiger partial charge in [-0.15, -0.1) is 0 Å². The summed E-state index contributed by atoms with van der Waals surface area (Å²) in [5.74, 6) is 0.975. The van der Waals surface area contributed by atoms with Gasteiger partial charge in [-0.2, -0.15) is 0 Å². The number of hydrogen-bond acceptors (Lipinski definition) is 3. The number of Topliss-reactive ketones (excluding diaryl/α,β-unsaturated/α-hetero) is 1. The number of aryl methyl sites for hydroxylation is 1. The van der Waals surface area contributed by atoms with E-state index in [1.165, 1.54) is 21.7 Å². The first-order valence-electron chi connectivity index (χ1n) is 9.32. The predicted molar refractivity (Wildman–Crippen MR) is 106 cm³/mol. The number of nitrogens with one attached hydrogen (secondary N) is 1. The molecule has 0 unspecified atom stereocenters. The van der Waals surface area contributed by atoms with Crippen LogP contribution < -0.4 is 14.5 Å². The topological polar surface area (TPSA) is 34.0 Å². The highest BCUT2D eigenvalue weighted by atomic mass is 16.5. The molecule has 1 heterocycles. The molecule has 138 valence electrons. The zero-order valence-electron chi connectivity index (χ0n) is 16.3. The van der Waals surface area contributed by atoms with E-state index < -0.39 is 0 Å². The molecule has 4 nitrogen and oxygen atoms in total. The Hall–Kier alpha value is -2.33. The highest BCUT2D eigenvalue weighted by Gasteiger charge is 2.23. The fourth-order valence-electron chi connectivity index (χ4n) is 3.72. The van der Waals surface area contributed by atoms with Crippen molar-refractivity contribution in [3.63, 3.8) is 0 Å². The molecule has 0 radical (unpaired) electrons. The molecule has 2 aromatic carbocycles. The molecule has 1 saturated heterocycles. The molecule has 0 saturated carbocycles. The zero-order valence-corrected chi connectivity index (χ0v) is 16.3. The van der Waals surface area contributed by atoms with Gasteiger partial charge in [-0.1, -0.05) is 12.1 Å². The molecule has 0 aromatic heterocycles. The highest BCUT2D eigenvalue weighted by molar-refractivity contribution is 5.94. The molecule has 3 rings (SSSR count). The Morgan fingerprint density at radius 3 is 2.54 bits per heavy atom. The van der Waals surface area contributed by atoms with Crippen molar-refractivity contribution in [1.82, 2.24) is 0 Å². The lowest BCUT2D eigenvalue weighted by atomic mass is 10.1. The van der Waals surface area contributed by atoms with Crippen molar-refractivity contribution in [2.75, 3.05) is 38.2 Å². The summed E-state index contributed by atoms with van der Waals surface area (Å²) in [7, 11) is 1.69. The fraction of sp³-hybridized carbons (Fsp3) is 0.409. The number of ether oxygens (including phenoxy) is 1. The van der Waals surface area contributed by atoms with Gasteiger partial charge in [0.25, 0.3) is 0 Å². The van der Waals surface area contributed by atoms with Gasteiger partial charge in [0.1, 0.15) is 12.3 Å². The molecule has 26 heavy (non-hydrogen) atoms. The molecule has 0 aliphatic carbocycles. The van der Waals surface area contributed by atoms with Crippen LogP contribution in [0.25, 0.3) is 0 Å². The smallest absolute Gasteiger partial charge is 0.159 e. The number of quaternary nitrogens is 1. The van der Waals surface area contributed by atoms with Gasteiger partial charge in [0, 0.05) is 16.8 Å². The molecule has 4 heteroatoms. The maximum Gasteiger partial charge on any atom is 0.159 e. The summed E-state index contributed by atoms with van der Waals surface area (Å²) in [4.78, 5) is 15.7. The van der Waals surface area contributed by atoms with E-state index in [4.69, 9.17) is 4.74 Å². The molecular formula is C22H29N2O2+. The minimum Gasteiger partial charge on any atom is -0.496 e. The molecular weight excluding hydrogens is 324 g/mol. The quantitative estimate of drug-likeness (QED) is 0.839. The number of benzene rings is 2. The number of ketones is 1. The van der Waals surface area contributed by atoms with E-state index in [-0.39, 0.29) is 5.78 Å². The van der Waals surface area contributed by atoms with Crippen LogP contribution in [0.15, 0.2) is 36.4 Å². The minimum absolute atomic E-state index is 0.101. The van der Waals surface area contributed by atoms with Gasteiger partial charge < -0.3 is 14.5 Å². The van der Waals surface area contributed by atoms with Crippen molar-refractivity contribution >= 4 is 11.5 Å². The van der Waals surface area contributed by atoms with Crippen LogP contribution >= 0.6 is 0 Å². The summed E-state index contributed by atoms with van der Waals surface area (Å²) in [5, 5.41) is 0. The molecule has 0 amide bonds. The van der Waals surface area contributed by atoms with Gasteiger partial charge in [0.05, 0.1) is 33.3 Å². The number of piperazine rings is 1. The van der Waals surface area contributed by atoms with E-state index >= 15 is 0 Å². The Morgan fingerprint density at radius 1 is 1.15 bits per heavy atom. The Labute approximate surface area is 156 Å². The maximum atomic E-state index is 11.7. The second-order valence-corrected chi connectivity index (χ2v) is 7.22. The van der Waals surface area contributed by atoms with E-state index in [0.29, 0.717) is 0 Å². The summed E-state index contributed by atoms with van der Waals surface area (Å²) in [6.07, 6.45) is 0. The Morgan fingerprint density at radius 2 is 1.88 bits per heavy atom. The second kappa shape index (κ2) is 7.92. The van der Waals surface area contributed by atoms with E-state index in [1.807, 2.05) is 18.2 Å². The van der Waals surface area contributed by atoms with Crippen LogP contribution in [0.2, 0.25) is 0 Å². The normalized spacial score (nSPS) is 15.2. The molecule has 0 bridgehead atoms. The molecule has 1 fully saturated rings. The van der Waals surface area contributed by atoms with E-state index in [9.17, 15) is 4.79 Å². The van der Waals surface area contributed by atoms with Gasteiger partial charge in [0.2, 0.25) is 0 Å². The number of nitrogens with zero attached hydrogens (tertiary/aromatic N) is 1. The number of carbonyl (C=O) groups is 1. The average Bonchev–Trinajstić information content (AvgIpc) is 2.64. The Bertz CT molecular complexity index is 793. The number of carbonyl (C=O) groups excluding carboxylic acids is 1. The monoisotopic (exact) mass is 353 g/mol. The fourth-order valence-corrected chi connectivity index (χ4v) is 3.72. The zero-order chi connectivity index (χ0) is 18.7. The summed E-state index contributed by atoms with van der Waals surface area (Å²) in [6, 6.07) is 12.3. The van der Waals surface area contributed by atoms with E-state index in [2.05, 4.69) is 36.9 Å². The molecule has 0 spiro atoms. The van der Waals surface area contributed by atoms with Crippen LogP contribution in [0.1, 0.15) is 34.0 Å². The first-order valence-corrected chi connectivity index (χ1v) is 9.32. The first-order chi connectivity index (χ1) is 12.5. The summed E-state index contributed by atoms with van der Waals surface area (Å²) in [5.41, 5.74) is 5.97. The van der Waals surface area contributed by atoms with Crippen molar-refractivity contribution in [1.29, 1.82) is 0 Å². The van der Waals surface area contributed by atoms with Crippen molar-refractivity contribution in [3.05, 3.63) is 58.7 Å². The van der Waals surface area contributed by atoms with Crippen molar-refractivity contribution < 1.29 is 14.4 Å². The largest absolute Gasteiger partial charge is 0.496 e. The summed E-state index contributed by atoms with van der Waals surface area (Å²) in [6.45, 7) is 11.2. The van der Waals surface area contributed by atoms with E-state index in [1.54, 1.807) is 14.0 Å². The SMILES string of the molecule is COc1ccc(C(C)=O)cc1C[NH+]1CCN(c2cccc(C)c2C)CC1. The third-order valence-corrected chi connectivity index (χ3v) is 5.51. The maximum absolute atomic E-state index is 11.7. The lowest BCUT2D eigenvalue weighted by Crippen LogP contribution is -3.13. The standard InChI is InChI=1S/C22H28N2O2/c1-16-6-5-7-21(17(16)2)24-12-10-23(11-13-24)15-20-14-19(18(3)25)8-9-22(20)26-4/h5-9,14H,10-13,15H2,1-4H3/p+1. The summed E-state index contributed by atoms with van der Waals surface area (Å²) >= 11 is 0. The second-order valence-electron chi connectivity index (χ2n) is 7.22. The Balaban J connectivity index is 1.68. The van der Waals surface area contributed by atoms with Crippen molar-refractivity contribution in [2.24, 2.45) is 0 Å². The first kappa shape index (κ1) is 18.5. The average molecular weight is 353 g/mol. The van der Waals surface area contributed by atoms with Gasteiger partial charge in [0.15, 0.2) is 5.78 Å². The van der Waals surface area contributed by atoms with Gasteiger partial charge >= 0.3 is 0 Å². The van der Waals surface area contributed by atoms with Crippen LogP contribution in [0.5, 0.6) is 5.75 Å². The minimum atomic E-state index is 0.101. The molecule has 1 N–H and O–H groups in total. The van der Waals surface area contributed by atoms with Crippen LogP contribution in [-0.4, -0.2) is 39.1 Å². The lowest BCUT2D eigenvalue weighted by Gasteiger charge is -2.35. The summed E-state index contributed by atoms with van der Waals surface area (Å²) < 4.78 is 5.51. The van der Waals surface area contributed by atoms with E-state index in [0.717, 1.165) is 49.6 Å². The number of methoxy groups -OCH3 is 1. The Kier molecular flexibility index (Phi) is 5.62. The third kappa shape index (κ3) is 3.91. The molecule has 1 aliphatic rings. The van der Waals surface area contributed by atoms with Crippen LogP contribution in [-0.2, 0) is 6.54 Å². The molecule has 2 aromatic rings. The molecule has 1 aliphatic heterocycles. The molecule has 0 atom stereocenters. The lowest BCUT2D eigenvalue weighted by molar-refractivity contribution is -0.914. The number of hydrogen-bond donors (Lipinski definition) is 1. The van der Waals surface area contributed by atoms with Crippen molar-refractivity contribution in [2.45, 2.75) is 27.3 Å². The number of anilines is 1. The van der Waals surface area contributed by atoms with Gasteiger partial charge in [-0.25, -0.2) is 0 Å². The van der Waals surface area contributed by atoms with Gasteiger partial charge in [-0.05, 0) is 56.2 Å². The van der Waals surface area contributed by atoms with Crippen LogP contribution in [0, 0.1) is 13.8 Å². The number of rotatable bonds is 5. The third-order valence-electron chi connectivity index (χ3n) is 5.51. The van der Waals surface area contributed by atoms with Gasteiger partial charge in [-0.3, -0.25) is 4.79 Å². The predicted octanol–water partition coefficient (Wildman–Crippen LogP) is 2.42. The van der Waals surface area contributed by atoms with Crippen molar-refractivity contribution in [3.8, 4) is 5.75 Å². The highest BCUT2D eigenvalue weighted by Crippen LogP contribution is 2.23. The van der Waals surface area contributed by atoms with Crippen LogP contribution in [0.3, 0.4) is 0 Å².